The maximum absolute atomic E-state index is 13.3. The Morgan fingerprint density at radius 2 is 1.72 bits per heavy atom. The minimum Gasteiger partial charge on any atom is -0.862 e. The van der Waals surface area contributed by atoms with Gasteiger partial charge in [0, 0.05) is 49.4 Å². The SMILES string of the molecule is [O-]C(=NC(Cc1ccc(N2CCOCC2)c(Cl)c1)CN1CCCC1)C1CCN(c2ccc(Cl)cc2)C1. The number of nitrogens with zero attached hydrogens (tertiary/aromatic N) is 4. The standard InChI is InChI=1S/C28H36Cl2N4O2/c29-23-4-6-25(7-5-23)34-12-9-22(19-34)28(35)31-24(20-32-10-1-2-11-32)17-21-3-8-27(26(30)18-21)33-13-15-36-16-14-33/h3-8,18,22,24H,1-2,9-17,19-20H2,(H,31,35)/p-1. The molecule has 0 bridgehead atoms. The maximum Gasteiger partial charge on any atom is 0.0655 e. The van der Waals surface area contributed by atoms with Crippen LogP contribution in [0.1, 0.15) is 24.8 Å². The second-order valence-corrected chi connectivity index (χ2v) is 11.0. The van der Waals surface area contributed by atoms with Crippen LogP contribution in [0.3, 0.4) is 0 Å². The molecule has 3 fully saturated rings. The highest BCUT2D eigenvalue weighted by Crippen LogP contribution is 2.29. The molecular formula is C28H35Cl2N4O2-. The zero-order chi connectivity index (χ0) is 24.9. The topological polar surface area (TPSA) is 54.4 Å². The van der Waals surface area contributed by atoms with Crippen molar-refractivity contribution in [3.05, 3.63) is 58.1 Å². The van der Waals surface area contributed by atoms with E-state index in [1.54, 1.807) is 0 Å². The molecule has 194 valence electrons. The first-order valence-corrected chi connectivity index (χ1v) is 13.9. The van der Waals surface area contributed by atoms with Crippen molar-refractivity contribution in [2.45, 2.75) is 31.7 Å². The predicted octanol–water partition coefficient (Wildman–Crippen LogP) is 4.12. The fraction of sp³-hybridized carbons (Fsp3) is 0.536. The molecule has 2 unspecified atom stereocenters. The average molecular weight is 531 g/mol. The second kappa shape index (κ2) is 12.0. The summed E-state index contributed by atoms with van der Waals surface area (Å²) in [7, 11) is 0. The average Bonchev–Trinajstić information content (AvgIpc) is 3.58. The van der Waals surface area contributed by atoms with Gasteiger partial charge in [0.15, 0.2) is 0 Å². The van der Waals surface area contributed by atoms with Gasteiger partial charge in [0.05, 0.1) is 30.0 Å². The van der Waals surface area contributed by atoms with Crippen LogP contribution >= 0.6 is 23.2 Å². The van der Waals surface area contributed by atoms with Crippen molar-refractivity contribution in [1.82, 2.24) is 4.90 Å². The second-order valence-electron chi connectivity index (χ2n) is 10.1. The van der Waals surface area contributed by atoms with Crippen LogP contribution < -0.4 is 14.9 Å². The number of hydrogen-bond donors (Lipinski definition) is 0. The van der Waals surface area contributed by atoms with Crippen LogP contribution in [-0.2, 0) is 11.2 Å². The lowest BCUT2D eigenvalue weighted by Crippen LogP contribution is -2.36. The first-order valence-electron chi connectivity index (χ1n) is 13.1. The van der Waals surface area contributed by atoms with E-state index in [1.165, 1.54) is 12.8 Å². The van der Waals surface area contributed by atoms with E-state index in [4.69, 9.17) is 32.9 Å². The summed E-state index contributed by atoms with van der Waals surface area (Å²) in [6.07, 6.45) is 4.00. The molecule has 0 N–H and O–H groups in total. The molecule has 5 rings (SSSR count). The molecular weight excluding hydrogens is 495 g/mol. The molecule has 8 heteroatoms. The third-order valence-corrected chi connectivity index (χ3v) is 8.10. The van der Waals surface area contributed by atoms with E-state index >= 15 is 0 Å². The highest BCUT2D eigenvalue weighted by Gasteiger charge is 2.25. The van der Waals surface area contributed by atoms with Gasteiger partial charge in [-0.1, -0.05) is 29.3 Å². The Labute approximate surface area is 224 Å². The molecule has 36 heavy (non-hydrogen) atoms. The smallest absolute Gasteiger partial charge is 0.0655 e. The minimum atomic E-state index is -0.0644. The number of rotatable bonds is 8. The molecule has 3 aliphatic rings. The number of halogens is 2. The maximum atomic E-state index is 13.3. The van der Waals surface area contributed by atoms with E-state index in [2.05, 4.69) is 32.9 Å². The Morgan fingerprint density at radius 3 is 2.44 bits per heavy atom. The van der Waals surface area contributed by atoms with Gasteiger partial charge in [-0.15, -0.1) is 0 Å². The van der Waals surface area contributed by atoms with Crippen LogP contribution in [0.4, 0.5) is 11.4 Å². The normalized spacial score (nSPS) is 22.4. The molecule has 3 aliphatic heterocycles. The zero-order valence-electron chi connectivity index (χ0n) is 20.7. The van der Waals surface area contributed by atoms with E-state index < -0.39 is 0 Å². The fourth-order valence-corrected chi connectivity index (χ4v) is 6.01. The van der Waals surface area contributed by atoms with Crippen LogP contribution in [0.25, 0.3) is 0 Å². The van der Waals surface area contributed by atoms with Gasteiger partial charge in [-0.3, -0.25) is 0 Å². The molecule has 3 heterocycles. The summed E-state index contributed by atoms with van der Waals surface area (Å²) < 4.78 is 5.47. The number of morpholine rings is 1. The first kappa shape index (κ1) is 25.7. The Balaban J connectivity index is 1.28. The van der Waals surface area contributed by atoms with Crippen LogP contribution in [-0.4, -0.2) is 75.9 Å². The van der Waals surface area contributed by atoms with Gasteiger partial charge in [0.1, 0.15) is 0 Å². The number of aliphatic imine (C=N–C) groups is 1. The van der Waals surface area contributed by atoms with E-state index in [0.717, 1.165) is 92.3 Å². The molecule has 0 radical (unpaired) electrons. The summed E-state index contributed by atoms with van der Waals surface area (Å²) in [5.41, 5.74) is 3.30. The zero-order valence-corrected chi connectivity index (χ0v) is 22.3. The quantitative estimate of drug-likeness (QED) is 0.380. The molecule has 2 aromatic carbocycles. The van der Waals surface area contributed by atoms with E-state index in [-0.39, 0.29) is 17.9 Å². The number of anilines is 2. The first-order chi connectivity index (χ1) is 17.5. The number of benzene rings is 2. The molecule has 2 aromatic rings. The summed E-state index contributed by atoms with van der Waals surface area (Å²) in [6, 6.07) is 14.1. The van der Waals surface area contributed by atoms with Gasteiger partial charge in [-0.2, -0.15) is 0 Å². The van der Waals surface area contributed by atoms with Crippen molar-refractivity contribution >= 4 is 40.5 Å². The minimum absolute atomic E-state index is 0.0340. The Bertz CT molecular complexity index is 1040. The predicted molar refractivity (Wildman–Crippen MR) is 147 cm³/mol. The molecule has 6 nitrogen and oxygen atoms in total. The van der Waals surface area contributed by atoms with E-state index in [9.17, 15) is 5.11 Å². The van der Waals surface area contributed by atoms with Gasteiger partial charge in [0.2, 0.25) is 0 Å². The highest BCUT2D eigenvalue weighted by atomic mass is 35.5. The molecule has 0 aromatic heterocycles. The van der Waals surface area contributed by atoms with Crippen LogP contribution in [0, 0.1) is 5.92 Å². The van der Waals surface area contributed by atoms with Crippen molar-refractivity contribution in [1.29, 1.82) is 0 Å². The third-order valence-electron chi connectivity index (χ3n) is 7.54. The summed E-state index contributed by atoms with van der Waals surface area (Å²) in [6.45, 7) is 7.74. The highest BCUT2D eigenvalue weighted by molar-refractivity contribution is 6.33. The van der Waals surface area contributed by atoms with Crippen molar-refractivity contribution in [2.75, 3.05) is 68.8 Å². The Kier molecular flexibility index (Phi) is 8.58. The largest absolute Gasteiger partial charge is 0.862 e. The van der Waals surface area contributed by atoms with Gasteiger partial charge in [0.25, 0.3) is 0 Å². The van der Waals surface area contributed by atoms with Crippen molar-refractivity contribution in [3.8, 4) is 0 Å². The van der Waals surface area contributed by atoms with Gasteiger partial charge in [-0.05, 0) is 86.6 Å². The van der Waals surface area contributed by atoms with Crippen LogP contribution in [0.15, 0.2) is 47.5 Å². The van der Waals surface area contributed by atoms with E-state index in [0.29, 0.717) is 6.54 Å². The molecule has 0 amide bonds. The molecule has 0 spiro atoms. The van der Waals surface area contributed by atoms with Crippen LogP contribution in [0.5, 0.6) is 0 Å². The summed E-state index contributed by atoms with van der Waals surface area (Å²) in [4.78, 5) is 11.8. The number of hydrogen-bond acceptors (Lipinski definition) is 6. The molecule has 3 saturated heterocycles. The van der Waals surface area contributed by atoms with Crippen LogP contribution in [0.2, 0.25) is 10.0 Å². The van der Waals surface area contributed by atoms with Gasteiger partial charge >= 0.3 is 0 Å². The Morgan fingerprint density at radius 1 is 0.972 bits per heavy atom. The lowest BCUT2D eigenvalue weighted by molar-refractivity contribution is -0.223. The monoisotopic (exact) mass is 529 g/mol. The molecule has 0 aliphatic carbocycles. The summed E-state index contributed by atoms with van der Waals surface area (Å²) in [5, 5.41) is 14.8. The lowest BCUT2D eigenvalue weighted by atomic mass is 10.0. The van der Waals surface area contributed by atoms with Crippen molar-refractivity contribution < 1.29 is 9.84 Å². The Hall–Kier alpha value is -1.99. The third kappa shape index (κ3) is 6.46. The van der Waals surface area contributed by atoms with Crippen molar-refractivity contribution in [2.24, 2.45) is 10.9 Å². The lowest BCUT2D eigenvalue weighted by Gasteiger charge is -2.30. The fourth-order valence-electron chi connectivity index (χ4n) is 5.56. The summed E-state index contributed by atoms with van der Waals surface area (Å²) in [5.74, 6) is -0.0271. The summed E-state index contributed by atoms with van der Waals surface area (Å²) >= 11 is 12.7. The van der Waals surface area contributed by atoms with E-state index in [1.807, 2.05) is 24.3 Å². The number of likely N-dealkylation sites (tertiary alicyclic amines) is 1. The number of ether oxygens (including phenoxy) is 1. The van der Waals surface area contributed by atoms with Gasteiger partial charge in [-0.25, -0.2) is 0 Å². The molecule has 2 atom stereocenters. The van der Waals surface area contributed by atoms with Crippen molar-refractivity contribution in [3.63, 3.8) is 0 Å². The van der Waals surface area contributed by atoms with Gasteiger partial charge < -0.3 is 29.5 Å². The molecule has 0 saturated carbocycles.